The minimum atomic E-state index is 0.326. The van der Waals surface area contributed by atoms with Gasteiger partial charge in [0.2, 0.25) is 0 Å². The Hall–Kier alpha value is -2.08. The number of hydrogen-bond acceptors (Lipinski definition) is 2. The number of rotatable bonds is 2. The first-order valence-electron chi connectivity index (χ1n) is 5.20. The van der Waals surface area contributed by atoms with Gasteiger partial charge in [0.25, 0.3) is 0 Å². The van der Waals surface area contributed by atoms with E-state index in [2.05, 4.69) is 35.1 Å². The van der Waals surface area contributed by atoms with Crippen LogP contribution >= 0.6 is 0 Å². The van der Waals surface area contributed by atoms with Crippen LogP contribution < -0.4 is 0 Å². The first-order valence-corrected chi connectivity index (χ1v) is 5.20. The van der Waals surface area contributed by atoms with Crippen molar-refractivity contribution < 1.29 is 0 Å². The molecule has 0 radical (unpaired) electrons. The summed E-state index contributed by atoms with van der Waals surface area (Å²) in [6.45, 7) is 4.03. The number of nitriles is 1. The third-order valence-electron chi connectivity index (χ3n) is 2.47. The lowest BCUT2D eigenvalue weighted by Gasteiger charge is -1.99. The molecule has 0 saturated heterocycles. The van der Waals surface area contributed by atoms with Crippen LogP contribution in [0.1, 0.15) is 17.1 Å². The van der Waals surface area contributed by atoms with Crippen LogP contribution in [0.2, 0.25) is 0 Å². The van der Waals surface area contributed by atoms with Crippen LogP contribution in [0.3, 0.4) is 0 Å². The second kappa shape index (κ2) is 4.19. The van der Waals surface area contributed by atoms with Crippen LogP contribution in [-0.2, 0) is 6.42 Å². The number of aromatic nitrogens is 2. The monoisotopic (exact) mass is 211 g/mol. The fourth-order valence-electron chi connectivity index (χ4n) is 1.75. The molecule has 0 saturated carbocycles. The van der Waals surface area contributed by atoms with E-state index >= 15 is 0 Å². The Morgan fingerprint density at radius 1 is 1.38 bits per heavy atom. The van der Waals surface area contributed by atoms with Crippen molar-refractivity contribution in [2.75, 3.05) is 0 Å². The van der Waals surface area contributed by atoms with Gasteiger partial charge in [0.1, 0.15) is 5.82 Å². The number of aromatic amines is 1. The molecule has 0 aliphatic carbocycles. The van der Waals surface area contributed by atoms with Gasteiger partial charge in [-0.3, -0.25) is 0 Å². The van der Waals surface area contributed by atoms with E-state index < -0.39 is 0 Å². The van der Waals surface area contributed by atoms with Crippen LogP contribution in [0.4, 0.5) is 0 Å². The standard InChI is InChI=1S/C13H13N3/c1-9-4-3-5-11(8-9)13-10(2)15-12(16-13)6-7-14/h3-5,8H,6H2,1-2H3,(H,15,16). The molecule has 0 aliphatic rings. The largest absolute Gasteiger partial charge is 0.345 e. The van der Waals surface area contributed by atoms with Gasteiger partial charge in [-0.05, 0) is 19.9 Å². The molecule has 0 amide bonds. The van der Waals surface area contributed by atoms with Crippen molar-refractivity contribution in [3.8, 4) is 17.3 Å². The lowest BCUT2D eigenvalue weighted by molar-refractivity contribution is 1.05. The van der Waals surface area contributed by atoms with E-state index in [0.717, 1.165) is 22.8 Å². The third-order valence-corrected chi connectivity index (χ3v) is 2.47. The summed E-state index contributed by atoms with van der Waals surface area (Å²) in [6, 6.07) is 10.3. The molecule has 0 spiro atoms. The molecular weight excluding hydrogens is 198 g/mol. The number of H-pyrrole nitrogens is 1. The molecule has 1 N–H and O–H groups in total. The van der Waals surface area contributed by atoms with Gasteiger partial charge in [0.15, 0.2) is 0 Å². The van der Waals surface area contributed by atoms with Gasteiger partial charge in [-0.15, -0.1) is 0 Å². The molecule has 1 heterocycles. The summed E-state index contributed by atoms with van der Waals surface area (Å²) in [5.41, 5.74) is 4.25. The fraction of sp³-hybridized carbons (Fsp3) is 0.231. The summed E-state index contributed by atoms with van der Waals surface area (Å²) < 4.78 is 0. The summed E-state index contributed by atoms with van der Waals surface area (Å²) in [4.78, 5) is 7.56. The fourth-order valence-corrected chi connectivity index (χ4v) is 1.75. The van der Waals surface area contributed by atoms with Crippen molar-refractivity contribution in [1.82, 2.24) is 9.97 Å². The van der Waals surface area contributed by atoms with Crippen LogP contribution in [0.25, 0.3) is 11.3 Å². The second-order valence-electron chi connectivity index (χ2n) is 3.86. The lowest BCUT2D eigenvalue weighted by atomic mass is 10.1. The first kappa shape index (κ1) is 10.4. The first-order chi connectivity index (χ1) is 7.70. The average molecular weight is 211 g/mol. The Labute approximate surface area is 94.8 Å². The van der Waals surface area contributed by atoms with Crippen molar-refractivity contribution >= 4 is 0 Å². The Morgan fingerprint density at radius 2 is 2.19 bits per heavy atom. The van der Waals surface area contributed by atoms with Gasteiger partial charge in [0, 0.05) is 11.3 Å². The molecule has 80 valence electrons. The molecule has 0 unspecified atom stereocenters. The predicted molar refractivity (Wildman–Crippen MR) is 62.8 cm³/mol. The van der Waals surface area contributed by atoms with Gasteiger partial charge in [-0.2, -0.15) is 5.26 Å². The maximum atomic E-state index is 8.62. The quantitative estimate of drug-likeness (QED) is 0.830. The summed E-state index contributed by atoms with van der Waals surface area (Å²) in [7, 11) is 0. The zero-order valence-electron chi connectivity index (χ0n) is 9.41. The smallest absolute Gasteiger partial charge is 0.121 e. The summed E-state index contributed by atoms with van der Waals surface area (Å²) >= 11 is 0. The van der Waals surface area contributed by atoms with Gasteiger partial charge in [0.05, 0.1) is 18.2 Å². The van der Waals surface area contributed by atoms with Gasteiger partial charge < -0.3 is 4.98 Å². The highest BCUT2D eigenvalue weighted by Gasteiger charge is 2.08. The van der Waals surface area contributed by atoms with Gasteiger partial charge in [-0.1, -0.05) is 23.8 Å². The summed E-state index contributed by atoms with van der Waals surface area (Å²) in [6.07, 6.45) is 0.326. The minimum Gasteiger partial charge on any atom is -0.345 e. The number of hydrogen-bond donors (Lipinski definition) is 1. The SMILES string of the molecule is Cc1cccc(-c2nc(CC#N)[nH]c2C)c1. The van der Waals surface area contributed by atoms with E-state index in [9.17, 15) is 0 Å². The molecule has 16 heavy (non-hydrogen) atoms. The molecule has 0 fully saturated rings. The van der Waals surface area contributed by atoms with Crippen molar-refractivity contribution in [1.29, 1.82) is 5.26 Å². The third kappa shape index (κ3) is 1.96. The number of aryl methyl sites for hydroxylation is 2. The van der Waals surface area contributed by atoms with E-state index in [0.29, 0.717) is 6.42 Å². The zero-order valence-corrected chi connectivity index (χ0v) is 9.41. The molecule has 0 atom stereocenters. The molecule has 2 aromatic rings. The predicted octanol–water partition coefficient (Wildman–Crippen LogP) is 2.76. The van der Waals surface area contributed by atoms with Gasteiger partial charge >= 0.3 is 0 Å². The highest BCUT2D eigenvalue weighted by molar-refractivity contribution is 5.62. The lowest BCUT2D eigenvalue weighted by Crippen LogP contribution is -1.84. The number of nitrogens with zero attached hydrogens (tertiary/aromatic N) is 2. The molecule has 0 aliphatic heterocycles. The van der Waals surface area contributed by atoms with Crippen molar-refractivity contribution in [3.05, 3.63) is 41.3 Å². The molecule has 0 bridgehead atoms. The van der Waals surface area contributed by atoms with E-state index in [-0.39, 0.29) is 0 Å². The van der Waals surface area contributed by atoms with E-state index in [1.165, 1.54) is 5.56 Å². The molecule has 1 aromatic heterocycles. The van der Waals surface area contributed by atoms with Crippen LogP contribution in [0.15, 0.2) is 24.3 Å². The second-order valence-corrected chi connectivity index (χ2v) is 3.86. The van der Waals surface area contributed by atoms with Crippen molar-refractivity contribution in [2.24, 2.45) is 0 Å². The van der Waals surface area contributed by atoms with E-state index in [1.54, 1.807) is 0 Å². The Balaban J connectivity index is 2.44. The maximum Gasteiger partial charge on any atom is 0.121 e. The minimum absolute atomic E-state index is 0.326. The molecule has 3 nitrogen and oxygen atoms in total. The van der Waals surface area contributed by atoms with E-state index in [1.807, 2.05) is 19.1 Å². The Morgan fingerprint density at radius 3 is 2.88 bits per heavy atom. The van der Waals surface area contributed by atoms with Gasteiger partial charge in [-0.25, -0.2) is 4.98 Å². The molecular formula is C13H13N3. The normalized spacial score (nSPS) is 10.1. The van der Waals surface area contributed by atoms with Crippen molar-refractivity contribution in [2.45, 2.75) is 20.3 Å². The number of imidazole rings is 1. The average Bonchev–Trinajstić information content (AvgIpc) is 2.60. The van der Waals surface area contributed by atoms with E-state index in [4.69, 9.17) is 5.26 Å². The maximum absolute atomic E-state index is 8.62. The molecule has 3 heteroatoms. The zero-order chi connectivity index (χ0) is 11.5. The Kier molecular flexibility index (Phi) is 2.74. The van der Waals surface area contributed by atoms with Crippen LogP contribution in [0.5, 0.6) is 0 Å². The molecule has 2 rings (SSSR count). The Bertz CT molecular complexity index is 547. The van der Waals surface area contributed by atoms with Crippen molar-refractivity contribution in [3.63, 3.8) is 0 Å². The number of benzene rings is 1. The van der Waals surface area contributed by atoms with Crippen LogP contribution in [0, 0.1) is 25.2 Å². The molecule has 1 aromatic carbocycles. The highest BCUT2D eigenvalue weighted by Crippen LogP contribution is 2.21. The summed E-state index contributed by atoms with van der Waals surface area (Å²) in [5, 5.41) is 8.62. The highest BCUT2D eigenvalue weighted by atomic mass is 14.9. The number of nitrogens with one attached hydrogen (secondary N) is 1. The van der Waals surface area contributed by atoms with Crippen LogP contribution in [-0.4, -0.2) is 9.97 Å². The topological polar surface area (TPSA) is 52.5 Å². The summed E-state index contributed by atoms with van der Waals surface area (Å²) in [5.74, 6) is 0.733.